The lowest BCUT2D eigenvalue weighted by molar-refractivity contribution is -0.00357. The zero-order valence-corrected chi connectivity index (χ0v) is 10.4. The molecule has 4 heteroatoms. The molecule has 2 atom stereocenters. The van der Waals surface area contributed by atoms with Crippen LogP contribution in [0.25, 0.3) is 0 Å². The number of halogens is 1. The first kappa shape index (κ1) is 11.7. The van der Waals surface area contributed by atoms with Crippen molar-refractivity contribution in [3.8, 4) is 0 Å². The first-order valence-corrected chi connectivity index (χ1v) is 6.11. The Bertz CT molecular complexity index is 359. The zero-order chi connectivity index (χ0) is 11.5. The average molecular weight is 241 g/mol. The van der Waals surface area contributed by atoms with Crippen LogP contribution >= 0.6 is 11.6 Å². The molecule has 1 aliphatic heterocycles. The van der Waals surface area contributed by atoms with E-state index in [1.54, 1.807) is 0 Å². The highest BCUT2D eigenvalue weighted by Crippen LogP contribution is 2.19. The fourth-order valence-electron chi connectivity index (χ4n) is 2.01. The van der Waals surface area contributed by atoms with E-state index in [9.17, 15) is 0 Å². The maximum atomic E-state index is 5.86. The highest BCUT2D eigenvalue weighted by molar-refractivity contribution is 6.18. The van der Waals surface area contributed by atoms with Crippen molar-refractivity contribution in [1.29, 1.82) is 0 Å². The number of ether oxygens (including phenoxy) is 1. The van der Waals surface area contributed by atoms with Crippen molar-refractivity contribution in [1.82, 2.24) is 4.98 Å². The van der Waals surface area contributed by atoms with Gasteiger partial charge in [0.2, 0.25) is 0 Å². The molecule has 88 valence electrons. The van der Waals surface area contributed by atoms with E-state index in [1.807, 2.05) is 12.3 Å². The van der Waals surface area contributed by atoms with Crippen LogP contribution in [0.1, 0.15) is 12.5 Å². The van der Waals surface area contributed by atoms with Gasteiger partial charge in [0.15, 0.2) is 0 Å². The lowest BCUT2D eigenvalue weighted by Crippen LogP contribution is -2.47. The summed E-state index contributed by atoms with van der Waals surface area (Å²) in [5.74, 6) is 1.55. The van der Waals surface area contributed by atoms with Crippen LogP contribution < -0.4 is 4.90 Å². The second kappa shape index (κ2) is 5.02. The molecular weight excluding hydrogens is 224 g/mol. The van der Waals surface area contributed by atoms with Crippen LogP contribution in [0.15, 0.2) is 18.3 Å². The molecule has 0 amide bonds. The van der Waals surface area contributed by atoms with E-state index in [1.165, 1.54) is 5.56 Å². The van der Waals surface area contributed by atoms with E-state index >= 15 is 0 Å². The summed E-state index contributed by atoms with van der Waals surface area (Å²) in [6.07, 6.45) is 2.16. The van der Waals surface area contributed by atoms with Crippen LogP contribution in [0, 0.1) is 6.92 Å². The summed E-state index contributed by atoms with van der Waals surface area (Å²) in [5.41, 5.74) is 1.23. The first-order valence-electron chi connectivity index (χ1n) is 5.58. The maximum absolute atomic E-state index is 5.86. The number of rotatable bonds is 2. The molecule has 1 aliphatic rings. The molecule has 0 spiro atoms. The van der Waals surface area contributed by atoms with Gasteiger partial charge >= 0.3 is 0 Å². The number of morpholine rings is 1. The minimum absolute atomic E-state index is 0.104. The summed E-state index contributed by atoms with van der Waals surface area (Å²) in [6, 6.07) is 4.11. The van der Waals surface area contributed by atoms with Gasteiger partial charge in [-0.15, -0.1) is 11.6 Å². The van der Waals surface area contributed by atoms with Crippen molar-refractivity contribution in [2.45, 2.75) is 26.1 Å². The van der Waals surface area contributed by atoms with Crippen molar-refractivity contribution >= 4 is 17.4 Å². The first-order chi connectivity index (χ1) is 7.69. The second-order valence-corrected chi connectivity index (χ2v) is 4.63. The predicted molar refractivity (Wildman–Crippen MR) is 66.2 cm³/mol. The summed E-state index contributed by atoms with van der Waals surface area (Å²) in [6.45, 7) is 5.85. The minimum Gasteiger partial charge on any atom is -0.370 e. The smallest absolute Gasteiger partial charge is 0.128 e. The van der Waals surface area contributed by atoms with Gasteiger partial charge in [-0.2, -0.15) is 0 Å². The van der Waals surface area contributed by atoms with E-state index in [0.717, 1.165) is 18.9 Å². The predicted octanol–water partition coefficient (Wildman–Crippen LogP) is 2.22. The van der Waals surface area contributed by atoms with Crippen LogP contribution in [0.5, 0.6) is 0 Å². The van der Waals surface area contributed by atoms with Gasteiger partial charge in [-0.05, 0) is 31.5 Å². The third-order valence-corrected chi connectivity index (χ3v) is 3.07. The van der Waals surface area contributed by atoms with Crippen LogP contribution in [-0.2, 0) is 4.74 Å². The molecular formula is C12H17ClN2O. The van der Waals surface area contributed by atoms with Crippen LogP contribution in [0.4, 0.5) is 5.82 Å². The Kier molecular flexibility index (Phi) is 3.66. The average Bonchev–Trinajstić information content (AvgIpc) is 2.28. The van der Waals surface area contributed by atoms with Crippen molar-refractivity contribution in [3.05, 3.63) is 23.9 Å². The number of aryl methyl sites for hydroxylation is 1. The van der Waals surface area contributed by atoms with Gasteiger partial charge in [0.1, 0.15) is 5.82 Å². The zero-order valence-electron chi connectivity index (χ0n) is 9.69. The number of anilines is 1. The normalized spacial score (nSPS) is 25.8. The highest BCUT2D eigenvalue weighted by atomic mass is 35.5. The lowest BCUT2D eigenvalue weighted by Gasteiger charge is -2.36. The van der Waals surface area contributed by atoms with E-state index in [4.69, 9.17) is 16.3 Å². The van der Waals surface area contributed by atoms with Crippen LogP contribution in [-0.4, -0.2) is 36.2 Å². The van der Waals surface area contributed by atoms with Gasteiger partial charge in [-0.25, -0.2) is 4.98 Å². The van der Waals surface area contributed by atoms with Gasteiger partial charge in [0.25, 0.3) is 0 Å². The second-order valence-electron chi connectivity index (χ2n) is 4.32. The van der Waals surface area contributed by atoms with Gasteiger partial charge in [0.05, 0.1) is 18.1 Å². The molecule has 2 unspecified atom stereocenters. The number of pyridine rings is 1. The number of hydrogen-bond acceptors (Lipinski definition) is 3. The fourth-order valence-corrected chi connectivity index (χ4v) is 2.18. The molecule has 0 bridgehead atoms. The molecule has 3 nitrogen and oxygen atoms in total. The molecule has 16 heavy (non-hydrogen) atoms. The molecule has 0 N–H and O–H groups in total. The van der Waals surface area contributed by atoms with E-state index in [0.29, 0.717) is 5.88 Å². The Labute approximate surface area is 101 Å². The Hall–Kier alpha value is -0.800. The minimum atomic E-state index is 0.104. The summed E-state index contributed by atoms with van der Waals surface area (Å²) < 4.78 is 5.72. The number of hydrogen-bond donors (Lipinski definition) is 0. The Morgan fingerprint density at radius 2 is 2.38 bits per heavy atom. The molecule has 1 aromatic rings. The molecule has 1 aromatic heterocycles. The standard InChI is InChI=1S/C12H17ClN2O/c1-9-3-4-14-12(5-9)15-7-10(2)16-11(6-13)8-15/h3-5,10-11H,6-8H2,1-2H3. The van der Waals surface area contributed by atoms with Crippen molar-refractivity contribution in [2.75, 3.05) is 23.9 Å². The molecule has 0 saturated carbocycles. The van der Waals surface area contributed by atoms with Gasteiger partial charge in [0, 0.05) is 19.3 Å². The van der Waals surface area contributed by atoms with Crippen molar-refractivity contribution < 1.29 is 4.74 Å². The molecule has 0 radical (unpaired) electrons. The van der Waals surface area contributed by atoms with E-state index in [-0.39, 0.29) is 12.2 Å². The van der Waals surface area contributed by atoms with Crippen LogP contribution in [0.2, 0.25) is 0 Å². The number of aromatic nitrogens is 1. The van der Waals surface area contributed by atoms with Gasteiger partial charge in [-0.1, -0.05) is 0 Å². The molecule has 0 aromatic carbocycles. The molecule has 1 fully saturated rings. The SMILES string of the molecule is Cc1ccnc(N2CC(C)OC(CCl)C2)c1. The highest BCUT2D eigenvalue weighted by Gasteiger charge is 2.25. The maximum Gasteiger partial charge on any atom is 0.128 e. The van der Waals surface area contributed by atoms with Gasteiger partial charge in [-0.3, -0.25) is 0 Å². The fraction of sp³-hybridized carbons (Fsp3) is 0.583. The molecule has 0 aliphatic carbocycles. The van der Waals surface area contributed by atoms with Crippen LogP contribution in [0.3, 0.4) is 0 Å². The van der Waals surface area contributed by atoms with E-state index in [2.05, 4.69) is 29.8 Å². The Balaban J connectivity index is 2.14. The molecule has 1 saturated heterocycles. The quantitative estimate of drug-likeness (QED) is 0.742. The van der Waals surface area contributed by atoms with Crippen molar-refractivity contribution in [3.63, 3.8) is 0 Å². The summed E-state index contributed by atoms with van der Waals surface area (Å²) in [5, 5.41) is 0. The summed E-state index contributed by atoms with van der Waals surface area (Å²) in [7, 11) is 0. The van der Waals surface area contributed by atoms with Gasteiger partial charge < -0.3 is 9.64 Å². The number of alkyl halides is 1. The van der Waals surface area contributed by atoms with Crippen molar-refractivity contribution in [2.24, 2.45) is 0 Å². The topological polar surface area (TPSA) is 25.4 Å². The third-order valence-electron chi connectivity index (χ3n) is 2.72. The summed E-state index contributed by atoms with van der Waals surface area (Å²) in [4.78, 5) is 6.64. The summed E-state index contributed by atoms with van der Waals surface area (Å²) >= 11 is 5.86. The Morgan fingerprint density at radius 3 is 3.06 bits per heavy atom. The monoisotopic (exact) mass is 240 g/mol. The lowest BCUT2D eigenvalue weighted by atomic mass is 10.2. The Morgan fingerprint density at radius 1 is 1.56 bits per heavy atom. The largest absolute Gasteiger partial charge is 0.370 e. The third kappa shape index (κ3) is 2.66. The number of nitrogens with zero attached hydrogens (tertiary/aromatic N) is 2. The van der Waals surface area contributed by atoms with E-state index < -0.39 is 0 Å². The molecule has 2 rings (SSSR count). The molecule has 2 heterocycles.